The largest absolute Gasteiger partial charge is 0.481 e. The molecule has 1 N–H and O–H groups in total. The summed E-state index contributed by atoms with van der Waals surface area (Å²) >= 11 is 0. The Morgan fingerprint density at radius 1 is 1.36 bits per heavy atom. The van der Waals surface area contributed by atoms with Crippen molar-refractivity contribution in [3.63, 3.8) is 0 Å². The van der Waals surface area contributed by atoms with Gasteiger partial charge >= 0.3 is 0 Å². The van der Waals surface area contributed by atoms with Gasteiger partial charge in [0.25, 0.3) is 5.91 Å². The van der Waals surface area contributed by atoms with E-state index in [9.17, 15) is 18.7 Å². The van der Waals surface area contributed by atoms with E-state index in [1.54, 1.807) is 4.90 Å². The quantitative estimate of drug-likeness (QED) is 0.893. The molecule has 3 rings (SSSR count). The van der Waals surface area contributed by atoms with Crippen molar-refractivity contribution in [1.82, 2.24) is 9.80 Å². The van der Waals surface area contributed by atoms with Gasteiger partial charge in [0.1, 0.15) is 5.82 Å². The summed E-state index contributed by atoms with van der Waals surface area (Å²) in [7, 11) is 2.02. The van der Waals surface area contributed by atoms with E-state index in [0.717, 1.165) is 37.9 Å². The molecule has 0 bridgehead atoms. The van der Waals surface area contributed by atoms with Crippen LogP contribution in [-0.2, 0) is 4.79 Å². The molecule has 0 saturated carbocycles. The monoisotopic (exact) mass is 354 g/mol. The van der Waals surface area contributed by atoms with Crippen LogP contribution < -0.4 is 4.74 Å². The highest BCUT2D eigenvalue weighted by atomic mass is 19.1. The first-order valence-electron chi connectivity index (χ1n) is 8.62. The zero-order valence-electron chi connectivity index (χ0n) is 14.4. The number of piperidine rings is 2. The van der Waals surface area contributed by atoms with E-state index in [4.69, 9.17) is 4.74 Å². The molecule has 0 aromatic heterocycles. The van der Waals surface area contributed by atoms with Crippen molar-refractivity contribution < 1.29 is 23.4 Å². The number of nitrogens with zero attached hydrogens (tertiary/aromatic N) is 2. The van der Waals surface area contributed by atoms with Gasteiger partial charge in [-0.1, -0.05) is 0 Å². The van der Waals surface area contributed by atoms with Gasteiger partial charge in [-0.3, -0.25) is 4.79 Å². The lowest BCUT2D eigenvalue weighted by Crippen LogP contribution is -2.62. The maximum absolute atomic E-state index is 13.6. The minimum absolute atomic E-state index is 0.117. The molecule has 0 unspecified atom stereocenters. The van der Waals surface area contributed by atoms with E-state index in [1.807, 2.05) is 7.05 Å². The number of halogens is 2. The second-order valence-electron chi connectivity index (χ2n) is 7.07. The molecule has 2 atom stereocenters. The third-order valence-corrected chi connectivity index (χ3v) is 5.61. The number of carbonyl (C=O) groups is 1. The van der Waals surface area contributed by atoms with Crippen molar-refractivity contribution in [2.45, 2.75) is 25.3 Å². The average molecular weight is 354 g/mol. The number of rotatable bonds is 4. The number of hydrogen-bond acceptors (Lipinski definition) is 4. The Morgan fingerprint density at radius 2 is 2.16 bits per heavy atom. The molecule has 1 aromatic rings. The van der Waals surface area contributed by atoms with Crippen LogP contribution in [-0.4, -0.2) is 66.8 Å². The molecule has 7 heteroatoms. The Hall–Kier alpha value is -1.73. The maximum atomic E-state index is 13.6. The van der Waals surface area contributed by atoms with Crippen molar-refractivity contribution in [3.8, 4) is 5.75 Å². The molecule has 138 valence electrons. The van der Waals surface area contributed by atoms with E-state index in [2.05, 4.69) is 4.90 Å². The molecule has 25 heavy (non-hydrogen) atoms. The Labute approximate surface area is 146 Å². The van der Waals surface area contributed by atoms with Crippen LogP contribution in [0.4, 0.5) is 8.78 Å². The molecule has 2 fully saturated rings. The summed E-state index contributed by atoms with van der Waals surface area (Å²) in [6.45, 7) is 1.88. The molecule has 2 aliphatic heterocycles. The first-order valence-corrected chi connectivity index (χ1v) is 8.62. The van der Waals surface area contributed by atoms with E-state index < -0.39 is 11.6 Å². The Balaban J connectivity index is 1.61. The van der Waals surface area contributed by atoms with Gasteiger partial charge in [-0.15, -0.1) is 0 Å². The second kappa shape index (κ2) is 7.25. The number of carbonyl (C=O) groups excluding carboxylic acids is 1. The van der Waals surface area contributed by atoms with E-state index in [1.165, 1.54) is 6.07 Å². The summed E-state index contributed by atoms with van der Waals surface area (Å²) in [5.41, 5.74) is -0.145. The fourth-order valence-electron chi connectivity index (χ4n) is 4.07. The van der Waals surface area contributed by atoms with Crippen LogP contribution in [0.15, 0.2) is 18.2 Å². The van der Waals surface area contributed by atoms with E-state index >= 15 is 0 Å². The predicted octanol–water partition coefficient (Wildman–Crippen LogP) is 1.65. The summed E-state index contributed by atoms with van der Waals surface area (Å²) in [5, 5.41) is 9.90. The van der Waals surface area contributed by atoms with Gasteiger partial charge in [0.15, 0.2) is 18.2 Å². The van der Waals surface area contributed by atoms with Crippen LogP contribution in [0.1, 0.15) is 19.3 Å². The maximum Gasteiger partial charge on any atom is 0.260 e. The fraction of sp³-hybridized carbons (Fsp3) is 0.611. The first kappa shape index (κ1) is 18.1. The van der Waals surface area contributed by atoms with Gasteiger partial charge in [-0.25, -0.2) is 8.78 Å². The molecule has 1 aromatic carbocycles. The van der Waals surface area contributed by atoms with E-state index in [0.29, 0.717) is 13.1 Å². The molecule has 2 aliphatic rings. The highest BCUT2D eigenvalue weighted by Crippen LogP contribution is 2.41. The molecule has 2 heterocycles. The van der Waals surface area contributed by atoms with Gasteiger partial charge in [-0.2, -0.15) is 0 Å². The summed E-state index contributed by atoms with van der Waals surface area (Å²) in [6, 6.07) is 3.12. The number of aliphatic hydroxyl groups excluding tert-OH is 1. The molecule has 0 radical (unpaired) electrons. The minimum Gasteiger partial charge on any atom is -0.481 e. The van der Waals surface area contributed by atoms with Gasteiger partial charge in [0.05, 0.1) is 6.61 Å². The van der Waals surface area contributed by atoms with Gasteiger partial charge in [-0.05, 0) is 45.0 Å². The minimum atomic E-state index is -0.822. The normalized spacial score (nSPS) is 27.0. The molecule has 5 nitrogen and oxygen atoms in total. The average Bonchev–Trinajstić information content (AvgIpc) is 2.60. The Morgan fingerprint density at radius 3 is 2.88 bits per heavy atom. The zero-order chi connectivity index (χ0) is 18.0. The molecular formula is C18H24F2N2O3. The van der Waals surface area contributed by atoms with Crippen molar-refractivity contribution in [2.75, 3.05) is 39.9 Å². The molecule has 0 spiro atoms. The first-order chi connectivity index (χ1) is 11.9. The number of likely N-dealkylation sites (N-methyl/N-ethyl adjacent to an activating group) is 1. The highest BCUT2D eigenvalue weighted by Gasteiger charge is 2.47. The van der Waals surface area contributed by atoms with Gasteiger partial charge < -0.3 is 19.6 Å². The number of hydrogen-bond donors (Lipinski definition) is 1. The number of ether oxygens (including phenoxy) is 1. The molecular weight excluding hydrogens is 330 g/mol. The van der Waals surface area contributed by atoms with Crippen LogP contribution in [0.2, 0.25) is 0 Å². The van der Waals surface area contributed by atoms with Gasteiger partial charge in [0, 0.05) is 30.6 Å². The van der Waals surface area contributed by atoms with Crippen LogP contribution in [0.25, 0.3) is 0 Å². The van der Waals surface area contributed by atoms with Crippen molar-refractivity contribution in [2.24, 2.45) is 5.41 Å². The number of amides is 1. The van der Waals surface area contributed by atoms with Crippen LogP contribution in [0, 0.1) is 17.0 Å². The highest BCUT2D eigenvalue weighted by molar-refractivity contribution is 5.78. The Kier molecular flexibility index (Phi) is 5.24. The number of fused-ring (bicyclic) bond motifs is 1. The molecule has 0 aliphatic carbocycles. The lowest BCUT2D eigenvalue weighted by Gasteiger charge is -2.53. The zero-order valence-corrected chi connectivity index (χ0v) is 14.4. The van der Waals surface area contributed by atoms with Crippen LogP contribution >= 0.6 is 0 Å². The summed E-state index contributed by atoms with van der Waals surface area (Å²) < 4.78 is 31.7. The lowest BCUT2D eigenvalue weighted by atomic mass is 9.69. The van der Waals surface area contributed by atoms with Crippen molar-refractivity contribution in [1.29, 1.82) is 0 Å². The second-order valence-corrected chi connectivity index (χ2v) is 7.07. The van der Waals surface area contributed by atoms with E-state index in [-0.39, 0.29) is 36.3 Å². The third kappa shape index (κ3) is 3.62. The predicted molar refractivity (Wildman–Crippen MR) is 88.2 cm³/mol. The van der Waals surface area contributed by atoms with Crippen LogP contribution in [0.5, 0.6) is 5.75 Å². The number of aliphatic hydroxyl groups is 1. The third-order valence-electron chi connectivity index (χ3n) is 5.61. The molecule has 2 saturated heterocycles. The Bertz CT molecular complexity index is 643. The lowest BCUT2D eigenvalue weighted by molar-refractivity contribution is -0.141. The topological polar surface area (TPSA) is 53.0 Å². The smallest absolute Gasteiger partial charge is 0.260 e. The van der Waals surface area contributed by atoms with Gasteiger partial charge in [0.2, 0.25) is 0 Å². The summed E-state index contributed by atoms with van der Waals surface area (Å²) in [5.74, 6) is -1.87. The van der Waals surface area contributed by atoms with Crippen molar-refractivity contribution >= 4 is 5.91 Å². The standard InChI is InChI=1S/C18H24F2N2O3/c1-21-7-2-5-18(12-23)6-8-22(10-16(18)21)17(24)11-25-15-4-3-13(19)9-14(15)20/h3-4,9,16,23H,2,5-8,10-12H2,1H3/t16-,18-/m1/s1. The number of likely N-dealkylation sites (tertiary alicyclic amines) is 2. The summed E-state index contributed by atoms with van der Waals surface area (Å²) in [4.78, 5) is 16.4. The van der Waals surface area contributed by atoms with Crippen molar-refractivity contribution in [3.05, 3.63) is 29.8 Å². The summed E-state index contributed by atoms with van der Waals surface area (Å²) in [6.07, 6.45) is 2.77. The number of benzene rings is 1. The molecule has 1 amide bonds. The van der Waals surface area contributed by atoms with Crippen LogP contribution in [0.3, 0.4) is 0 Å². The fourth-order valence-corrected chi connectivity index (χ4v) is 4.07. The SMILES string of the molecule is CN1CCC[C@]2(CO)CCN(C(=O)COc3ccc(F)cc3F)C[C@@H]12.